The van der Waals surface area contributed by atoms with Crippen molar-refractivity contribution in [3.63, 3.8) is 0 Å². The van der Waals surface area contributed by atoms with Crippen LogP contribution >= 0.6 is 0 Å². The Kier molecular flexibility index (Phi) is 6.59. The van der Waals surface area contributed by atoms with E-state index < -0.39 is 5.97 Å². The van der Waals surface area contributed by atoms with Gasteiger partial charge in [-0.05, 0) is 35.4 Å². The molecule has 4 rings (SSSR count). The van der Waals surface area contributed by atoms with Crippen molar-refractivity contribution in [1.29, 1.82) is 0 Å². The topological polar surface area (TPSA) is 82.8 Å². The van der Waals surface area contributed by atoms with Gasteiger partial charge in [0.05, 0.1) is 20.8 Å². The van der Waals surface area contributed by atoms with Gasteiger partial charge in [0.1, 0.15) is 23.8 Å². The van der Waals surface area contributed by atoms with Crippen LogP contribution in [-0.4, -0.2) is 35.1 Å². The largest absolute Gasteiger partial charge is 0.497 e. The third kappa shape index (κ3) is 4.98. The lowest BCUT2D eigenvalue weighted by molar-refractivity contribution is 0.0684. The van der Waals surface area contributed by atoms with E-state index in [1.54, 1.807) is 18.9 Å². The molecule has 33 heavy (non-hydrogen) atoms. The Morgan fingerprint density at radius 3 is 1.97 bits per heavy atom. The van der Waals surface area contributed by atoms with E-state index in [1.165, 1.54) is 0 Å². The Bertz CT molecular complexity index is 1220. The lowest BCUT2D eigenvalue weighted by atomic mass is 10.1. The Hall–Kier alpha value is -4.26. The number of carboxylic acid groups (broad SMARTS) is 1. The number of hydrogen-bond acceptors (Lipinski definition) is 5. The number of rotatable bonds is 9. The number of carbonyl (C=O) groups is 1. The summed E-state index contributed by atoms with van der Waals surface area (Å²) < 4.78 is 18.2. The minimum absolute atomic E-state index is 0.129. The number of hydrogen-bond donors (Lipinski definition) is 1. The Labute approximate surface area is 191 Å². The number of aromatic nitrogens is 2. The van der Waals surface area contributed by atoms with Crippen molar-refractivity contribution < 1.29 is 24.1 Å². The molecule has 1 aromatic heterocycles. The molecule has 3 aromatic carbocycles. The quantitative estimate of drug-likeness (QED) is 0.396. The maximum atomic E-state index is 12.1. The number of aromatic carboxylic acids is 1. The normalized spacial score (nSPS) is 10.6. The highest BCUT2D eigenvalue weighted by molar-refractivity contribution is 5.92. The van der Waals surface area contributed by atoms with Crippen molar-refractivity contribution in [3.8, 4) is 28.5 Å². The fourth-order valence-electron chi connectivity index (χ4n) is 3.49. The molecule has 0 aliphatic heterocycles. The highest BCUT2D eigenvalue weighted by Crippen LogP contribution is 2.35. The van der Waals surface area contributed by atoms with Gasteiger partial charge in [-0.2, -0.15) is 5.10 Å². The molecule has 0 fully saturated rings. The van der Waals surface area contributed by atoms with Crippen LogP contribution in [0.1, 0.15) is 21.6 Å². The maximum absolute atomic E-state index is 12.1. The Morgan fingerprint density at radius 1 is 0.848 bits per heavy atom. The SMILES string of the molecule is COc1ccc(COc2c(C(=O)O)nn(Cc3ccc(OC)cc3)c2-c2ccccc2)cc1. The summed E-state index contributed by atoms with van der Waals surface area (Å²) in [5.41, 5.74) is 3.13. The number of ether oxygens (including phenoxy) is 3. The fraction of sp³-hybridized carbons (Fsp3) is 0.154. The van der Waals surface area contributed by atoms with Gasteiger partial charge < -0.3 is 19.3 Å². The molecule has 168 valence electrons. The first-order valence-corrected chi connectivity index (χ1v) is 10.4. The number of carboxylic acids is 1. The second-order valence-electron chi connectivity index (χ2n) is 7.34. The van der Waals surface area contributed by atoms with Crippen molar-refractivity contribution in [2.24, 2.45) is 0 Å². The standard InChI is InChI=1S/C26H24N2O5/c1-31-21-12-8-18(9-13-21)16-28-24(20-6-4-3-5-7-20)25(23(27-28)26(29)30)33-17-19-10-14-22(32-2)15-11-19/h3-15H,16-17H2,1-2H3,(H,29,30). The zero-order valence-electron chi connectivity index (χ0n) is 18.4. The van der Waals surface area contributed by atoms with Gasteiger partial charge in [-0.15, -0.1) is 0 Å². The molecule has 0 aliphatic carbocycles. The van der Waals surface area contributed by atoms with E-state index >= 15 is 0 Å². The van der Waals surface area contributed by atoms with Gasteiger partial charge in [0.2, 0.25) is 5.69 Å². The van der Waals surface area contributed by atoms with Gasteiger partial charge in [-0.25, -0.2) is 4.79 Å². The summed E-state index contributed by atoms with van der Waals surface area (Å²) in [6.45, 7) is 0.568. The third-order valence-corrected chi connectivity index (χ3v) is 5.19. The van der Waals surface area contributed by atoms with Gasteiger partial charge in [-0.3, -0.25) is 4.68 Å². The summed E-state index contributed by atoms with van der Waals surface area (Å²) in [6, 6.07) is 24.5. The van der Waals surface area contributed by atoms with Gasteiger partial charge in [-0.1, -0.05) is 54.6 Å². The van der Waals surface area contributed by atoms with E-state index in [9.17, 15) is 9.90 Å². The number of nitrogens with zero attached hydrogens (tertiary/aromatic N) is 2. The second kappa shape index (κ2) is 9.91. The highest BCUT2D eigenvalue weighted by atomic mass is 16.5. The van der Waals surface area contributed by atoms with Crippen LogP contribution in [0, 0.1) is 0 Å². The molecule has 0 saturated carbocycles. The van der Waals surface area contributed by atoms with Gasteiger partial charge in [0, 0.05) is 5.56 Å². The average Bonchev–Trinajstić information content (AvgIpc) is 3.22. The highest BCUT2D eigenvalue weighted by Gasteiger charge is 2.25. The lowest BCUT2D eigenvalue weighted by Gasteiger charge is -2.12. The maximum Gasteiger partial charge on any atom is 0.360 e. The van der Waals surface area contributed by atoms with Crippen LogP contribution in [-0.2, 0) is 13.2 Å². The predicted molar refractivity (Wildman–Crippen MR) is 124 cm³/mol. The monoisotopic (exact) mass is 444 g/mol. The summed E-state index contributed by atoms with van der Waals surface area (Å²) in [7, 11) is 3.22. The van der Waals surface area contributed by atoms with Crippen molar-refractivity contribution in [1.82, 2.24) is 9.78 Å². The molecule has 0 amide bonds. The zero-order valence-corrected chi connectivity index (χ0v) is 18.4. The van der Waals surface area contributed by atoms with Crippen LogP contribution in [0.3, 0.4) is 0 Å². The molecule has 1 heterocycles. The van der Waals surface area contributed by atoms with E-state index in [2.05, 4.69) is 5.10 Å². The molecule has 0 unspecified atom stereocenters. The number of methoxy groups -OCH3 is 2. The predicted octanol–water partition coefficient (Wildman–Crippen LogP) is 4.89. The molecule has 0 spiro atoms. The third-order valence-electron chi connectivity index (χ3n) is 5.19. The van der Waals surface area contributed by atoms with E-state index in [0.29, 0.717) is 12.2 Å². The summed E-state index contributed by atoms with van der Waals surface area (Å²) in [4.78, 5) is 12.1. The summed E-state index contributed by atoms with van der Waals surface area (Å²) >= 11 is 0. The first-order valence-electron chi connectivity index (χ1n) is 10.4. The van der Waals surface area contributed by atoms with E-state index in [4.69, 9.17) is 14.2 Å². The lowest BCUT2D eigenvalue weighted by Crippen LogP contribution is -2.05. The smallest absolute Gasteiger partial charge is 0.360 e. The van der Waals surface area contributed by atoms with E-state index in [0.717, 1.165) is 28.2 Å². The van der Waals surface area contributed by atoms with Crippen molar-refractivity contribution in [3.05, 3.63) is 95.7 Å². The molecule has 0 radical (unpaired) electrons. The van der Waals surface area contributed by atoms with Gasteiger partial charge in [0.25, 0.3) is 0 Å². The molecule has 0 aliphatic rings. The molecular weight excluding hydrogens is 420 g/mol. The molecule has 7 nitrogen and oxygen atoms in total. The van der Waals surface area contributed by atoms with E-state index in [-0.39, 0.29) is 18.1 Å². The first kappa shape index (κ1) is 22.0. The van der Waals surface area contributed by atoms with Crippen LogP contribution in [0.2, 0.25) is 0 Å². The molecular formula is C26H24N2O5. The average molecular weight is 444 g/mol. The Morgan fingerprint density at radius 2 is 1.42 bits per heavy atom. The van der Waals surface area contributed by atoms with Crippen LogP contribution in [0.4, 0.5) is 0 Å². The molecule has 7 heteroatoms. The second-order valence-corrected chi connectivity index (χ2v) is 7.34. The summed E-state index contributed by atoms with van der Waals surface area (Å²) in [5.74, 6) is 0.572. The fourth-order valence-corrected chi connectivity index (χ4v) is 3.49. The van der Waals surface area contributed by atoms with Crippen molar-refractivity contribution in [2.75, 3.05) is 14.2 Å². The summed E-state index contributed by atoms with van der Waals surface area (Å²) in [5, 5.41) is 14.3. The minimum atomic E-state index is -1.15. The first-order chi connectivity index (χ1) is 16.1. The molecule has 0 saturated heterocycles. The van der Waals surface area contributed by atoms with Crippen molar-refractivity contribution in [2.45, 2.75) is 13.2 Å². The van der Waals surface area contributed by atoms with Crippen LogP contribution < -0.4 is 14.2 Å². The minimum Gasteiger partial charge on any atom is -0.497 e. The molecule has 0 bridgehead atoms. The Balaban J connectivity index is 1.73. The van der Waals surface area contributed by atoms with Crippen LogP contribution in [0.15, 0.2) is 78.9 Å². The van der Waals surface area contributed by atoms with E-state index in [1.807, 2.05) is 78.9 Å². The van der Waals surface area contributed by atoms with Crippen molar-refractivity contribution >= 4 is 5.97 Å². The summed E-state index contributed by atoms with van der Waals surface area (Å²) in [6.07, 6.45) is 0. The van der Waals surface area contributed by atoms with Crippen LogP contribution in [0.25, 0.3) is 11.3 Å². The molecule has 1 N–H and O–H groups in total. The van der Waals surface area contributed by atoms with Gasteiger partial charge in [0.15, 0.2) is 5.75 Å². The molecule has 0 atom stereocenters. The van der Waals surface area contributed by atoms with Gasteiger partial charge >= 0.3 is 5.97 Å². The van der Waals surface area contributed by atoms with Crippen LogP contribution in [0.5, 0.6) is 17.2 Å². The number of benzene rings is 3. The zero-order chi connectivity index (χ0) is 23.2. The molecule has 4 aromatic rings.